The largest absolute Gasteiger partial charge is 0.444 e. The first-order valence-electron chi connectivity index (χ1n) is 7.72. The van der Waals surface area contributed by atoms with Gasteiger partial charge in [0, 0.05) is 0 Å². The summed E-state index contributed by atoms with van der Waals surface area (Å²) in [6.07, 6.45) is -0.371. The molecule has 1 aromatic rings. The van der Waals surface area contributed by atoms with Crippen LogP contribution in [0, 0.1) is 0 Å². The number of ether oxygens (including phenoxy) is 1. The highest BCUT2D eigenvalue weighted by Crippen LogP contribution is 2.35. The standard InChI is InChI=1S/C18H27NO3/c1-16(2,3)13-8-7-9-14(10-13)18(21)11-19(12-18)15(20)22-17(4,5)6/h7-10,21H,11-12H2,1-6H3. The van der Waals surface area contributed by atoms with E-state index in [0.717, 1.165) is 5.56 Å². The number of hydrogen-bond donors (Lipinski definition) is 1. The van der Waals surface area contributed by atoms with Crippen molar-refractivity contribution in [3.05, 3.63) is 35.4 Å². The van der Waals surface area contributed by atoms with Gasteiger partial charge in [0.2, 0.25) is 0 Å². The van der Waals surface area contributed by atoms with Crippen LogP contribution in [0.2, 0.25) is 0 Å². The Morgan fingerprint density at radius 2 is 1.77 bits per heavy atom. The molecule has 122 valence electrons. The summed E-state index contributed by atoms with van der Waals surface area (Å²) in [6.45, 7) is 12.5. The molecule has 1 aliphatic heterocycles. The molecule has 1 aliphatic rings. The Balaban J connectivity index is 2.08. The van der Waals surface area contributed by atoms with Crippen LogP contribution in [0.1, 0.15) is 52.7 Å². The minimum atomic E-state index is -0.974. The molecule has 1 fully saturated rings. The van der Waals surface area contributed by atoms with Crippen molar-refractivity contribution in [1.82, 2.24) is 4.90 Å². The van der Waals surface area contributed by atoms with E-state index in [1.54, 1.807) is 0 Å². The number of hydrogen-bond acceptors (Lipinski definition) is 3. The van der Waals surface area contributed by atoms with Gasteiger partial charge < -0.3 is 14.7 Å². The Morgan fingerprint density at radius 1 is 1.18 bits per heavy atom. The number of benzene rings is 1. The molecule has 0 aliphatic carbocycles. The zero-order chi connectivity index (χ0) is 16.8. The molecule has 2 rings (SSSR count). The lowest BCUT2D eigenvalue weighted by Crippen LogP contribution is -2.61. The van der Waals surface area contributed by atoms with Crippen LogP contribution >= 0.6 is 0 Å². The topological polar surface area (TPSA) is 49.8 Å². The van der Waals surface area contributed by atoms with Crippen LogP contribution in [0.15, 0.2) is 24.3 Å². The first-order chi connectivity index (χ1) is 9.91. The maximum absolute atomic E-state index is 12.0. The van der Waals surface area contributed by atoms with Gasteiger partial charge in [-0.2, -0.15) is 0 Å². The van der Waals surface area contributed by atoms with E-state index in [2.05, 4.69) is 26.8 Å². The highest BCUT2D eigenvalue weighted by atomic mass is 16.6. The van der Waals surface area contributed by atoms with Crippen LogP contribution in [0.25, 0.3) is 0 Å². The first-order valence-corrected chi connectivity index (χ1v) is 7.72. The fraction of sp³-hybridized carbons (Fsp3) is 0.611. The van der Waals surface area contributed by atoms with Crippen molar-refractivity contribution >= 4 is 6.09 Å². The molecular formula is C18H27NO3. The summed E-state index contributed by atoms with van der Waals surface area (Å²) in [4.78, 5) is 13.5. The maximum atomic E-state index is 12.0. The SMILES string of the molecule is CC(C)(C)OC(=O)N1CC(O)(c2cccc(C(C)(C)C)c2)C1. The van der Waals surface area contributed by atoms with Gasteiger partial charge in [-0.1, -0.05) is 45.0 Å². The van der Waals surface area contributed by atoms with E-state index in [1.807, 2.05) is 39.0 Å². The molecule has 0 saturated carbocycles. The molecule has 0 spiro atoms. The third-order valence-electron chi connectivity index (χ3n) is 3.82. The molecule has 1 aromatic carbocycles. The molecule has 0 atom stereocenters. The number of amides is 1. The van der Waals surface area contributed by atoms with Gasteiger partial charge in [0.05, 0.1) is 13.1 Å². The molecule has 0 bridgehead atoms. The quantitative estimate of drug-likeness (QED) is 0.865. The molecule has 1 saturated heterocycles. The molecule has 0 aromatic heterocycles. The summed E-state index contributed by atoms with van der Waals surface area (Å²) in [5, 5.41) is 10.7. The van der Waals surface area contributed by atoms with Crippen molar-refractivity contribution in [3.63, 3.8) is 0 Å². The molecule has 1 amide bonds. The van der Waals surface area contributed by atoms with Crippen molar-refractivity contribution in [1.29, 1.82) is 0 Å². The van der Waals surface area contributed by atoms with Crippen molar-refractivity contribution in [2.24, 2.45) is 0 Å². The van der Waals surface area contributed by atoms with Gasteiger partial charge in [-0.05, 0) is 37.3 Å². The molecule has 0 unspecified atom stereocenters. The number of carbonyl (C=O) groups excluding carboxylic acids is 1. The van der Waals surface area contributed by atoms with Crippen LogP contribution in [-0.2, 0) is 15.8 Å². The maximum Gasteiger partial charge on any atom is 0.410 e. The molecule has 4 nitrogen and oxygen atoms in total. The van der Waals surface area contributed by atoms with Gasteiger partial charge in [-0.3, -0.25) is 0 Å². The second kappa shape index (κ2) is 5.27. The minimum absolute atomic E-state index is 0.0287. The predicted octanol–water partition coefficient (Wildman–Crippen LogP) is 3.42. The van der Waals surface area contributed by atoms with Crippen molar-refractivity contribution in [2.75, 3.05) is 13.1 Å². The van der Waals surface area contributed by atoms with E-state index in [9.17, 15) is 9.90 Å². The van der Waals surface area contributed by atoms with Crippen molar-refractivity contribution in [2.45, 2.75) is 58.2 Å². The zero-order valence-corrected chi connectivity index (χ0v) is 14.4. The fourth-order valence-corrected chi connectivity index (χ4v) is 2.50. The van der Waals surface area contributed by atoms with Crippen LogP contribution in [0.3, 0.4) is 0 Å². The Labute approximate surface area is 133 Å². The number of rotatable bonds is 1. The summed E-state index contributed by atoms with van der Waals surface area (Å²) in [5.74, 6) is 0. The fourth-order valence-electron chi connectivity index (χ4n) is 2.50. The number of nitrogens with zero attached hydrogens (tertiary/aromatic N) is 1. The Kier molecular flexibility index (Phi) is 4.03. The molecule has 1 N–H and O–H groups in total. The van der Waals surface area contributed by atoms with Crippen molar-refractivity contribution < 1.29 is 14.6 Å². The average molecular weight is 305 g/mol. The summed E-state index contributed by atoms with van der Waals surface area (Å²) >= 11 is 0. The molecular weight excluding hydrogens is 278 g/mol. The summed E-state index contributed by atoms with van der Waals surface area (Å²) in [6, 6.07) is 7.98. The number of carbonyl (C=O) groups is 1. The van der Waals surface area contributed by atoms with Gasteiger partial charge in [-0.25, -0.2) is 4.79 Å². The predicted molar refractivity (Wildman–Crippen MR) is 86.8 cm³/mol. The Hall–Kier alpha value is -1.55. The van der Waals surface area contributed by atoms with Gasteiger partial charge >= 0.3 is 6.09 Å². The molecule has 1 heterocycles. The smallest absolute Gasteiger partial charge is 0.410 e. The normalized spacial score (nSPS) is 17.9. The van der Waals surface area contributed by atoms with E-state index in [1.165, 1.54) is 10.5 Å². The van der Waals surface area contributed by atoms with Crippen LogP contribution in [-0.4, -0.2) is 34.8 Å². The van der Waals surface area contributed by atoms with Gasteiger partial charge in [-0.15, -0.1) is 0 Å². The molecule has 4 heteroatoms. The third kappa shape index (κ3) is 3.61. The van der Waals surface area contributed by atoms with Gasteiger partial charge in [0.15, 0.2) is 0 Å². The lowest BCUT2D eigenvalue weighted by Gasteiger charge is -2.46. The number of aliphatic hydroxyl groups is 1. The Morgan fingerprint density at radius 3 is 2.27 bits per heavy atom. The Bertz CT molecular complexity index is 560. The third-order valence-corrected chi connectivity index (χ3v) is 3.82. The van der Waals surface area contributed by atoms with E-state index < -0.39 is 11.2 Å². The monoisotopic (exact) mass is 305 g/mol. The average Bonchev–Trinajstić information content (AvgIpc) is 2.32. The lowest BCUT2D eigenvalue weighted by molar-refractivity contribution is -0.103. The molecule has 0 radical (unpaired) electrons. The van der Waals surface area contributed by atoms with Crippen molar-refractivity contribution in [3.8, 4) is 0 Å². The summed E-state index contributed by atoms with van der Waals surface area (Å²) in [7, 11) is 0. The van der Waals surface area contributed by atoms with Gasteiger partial charge in [0.1, 0.15) is 11.2 Å². The number of likely N-dealkylation sites (tertiary alicyclic amines) is 1. The zero-order valence-electron chi connectivity index (χ0n) is 14.4. The minimum Gasteiger partial charge on any atom is -0.444 e. The summed E-state index contributed by atoms with van der Waals surface area (Å²) in [5.41, 5.74) is 0.574. The van der Waals surface area contributed by atoms with E-state index in [-0.39, 0.29) is 24.6 Å². The van der Waals surface area contributed by atoms with Crippen LogP contribution < -0.4 is 0 Å². The summed E-state index contributed by atoms with van der Waals surface area (Å²) < 4.78 is 5.32. The van der Waals surface area contributed by atoms with E-state index in [0.29, 0.717) is 0 Å². The number of β-amino-alcohol motifs (C(OH)–C–C–N with tert-alkyl or cyclic N) is 1. The first kappa shape index (κ1) is 16.8. The lowest BCUT2D eigenvalue weighted by atomic mass is 9.81. The second-order valence-electron chi connectivity index (χ2n) is 8.20. The van der Waals surface area contributed by atoms with E-state index >= 15 is 0 Å². The van der Waals surface area contributed by atoms with Crippen LogP contribution in [0.4, 0.5) is 4.79 Å². The highest BCUT2D eigenvalue weighted by Gasteiger charge is 2.46. The van der Waals surface area contributed by atoms with E-state index in [4.69, 9.17) is 4.74 Å². The molecule has 22 heavy (non-hydrogen) atoms. The highest BCUT2D eigenvalue weighted by molar-refractivity contribution is 5.70. The van der Waals surface area contributed by atoms with Gasteiger partial charge in [0.25, 0.3) is 0 Å². The van der Waals surface area contributed by atoms with Crippen LogP contribution in [0.5, 0.6) is 0 Å². The second-order valence-corrected chi connectivity index (χ2v) is 8.20.